The Balaban J connectivity index is 0.000000147. The number of carbonyl (C=O) groups excluding carboxylic acids is 5. The summed E-state index contributed by atoms with van der Waals surface area (Å²) in [7, 11) is 0. The van der Waals surface area contributed by atoms with E-state index in [9.17, 15) is 50.3 Å². The van der Waals surface area contributed by atoms with E-state index in [4.69, 9.17) is 35.5 Å². The molecule has 15 rings (SSSR count). The second-order valence-corrected chi connectivity index (χ2v) is 27.1. The van der Waals surface area contributed by atoms with Crippen molar-refractivity contribution in [1.29, 1.82) is 0 Å². The molecule has 6 aliphatic heterocycles. The van der Waals surface area contributed by atoms with E-state index in [-0.39, 0.29) is 85.2 Å². The van der Waals surface area contributed by atoms with Gasteiger partial charge in [-0.05, 0) is 112 Å². The van der Waals surface area contributed by atoms with Crippen LogP contribution in [0, 0.1) is 46.7 Å². The van der Waals surface area contributed by atoms with Gasteiger partial charge in [-0.15, -0.1) is 0 Å². The number of aliphatic hydroxyl groups is 1. The molecule has 2 aromatic heterocycles. The Hall–Kier alpha value is -10.7. The average Bonchev–Trinajstić information content (AvgIpc) is 1.62. The molecule has 7 aromatic carbocycles. The van der Waals surface area contributed by atoms with Gasteiger partial charge in [0.05, 0.1) is 94.7 Å². The van der Waals surface area contributed by atoms with Crippen LogP contribution < -0.4 is 42.0 Å². The van der Waals surface area contributed by atoms with E-state index < -0.39 is 52.9 Å². The number of anilines is 2. The second-order valence-electron chi connectivity index (χ2n) is 26.0. The van der Waals surface area contributed by atoms with Gasteiger partial charge in [0.2, 0.25) is 0 Å². The van der Waals surface area contributed by atoms with Gasteiger partial charge in [0.15, 0.2) is 34.9 Å². The van der Waals surface area contributed by atoms with Crippen LogP contribution in [-0.4, -0.2) is 112 Å². The molecule has 3 saturated heterocycles. The number of nitrogens with two attached hydrogens (primary N) is 2. The molecule has 8 atom stereocenters. The SMILES string of the molecule is C[C@H]1CN=C(C(I)=CN)CN1.C[C@H]1Cn2ncc(N3C(=O)OC[C@H]3c3ccccc3)c2CC1C(=O)Cc1cc(F)c(F)c(F)c1.C[C@H]1Cn2ncc(N3C(=O)OC[C@H]3c3ccccc3)c2CN1.N[C@@H](CO)c1ccccc1.O=C(Cc1cc(F)c(F)c(F)c1)Oc1ccccc1.O=C1N[C@H](c2ccccc2)CO1. The zero-order valence-electron chi connectivity index (χ0n) is 59.1. The Morgan fingerprint density at radius 2 is 1.09 bits per heavy atom. The van der Waals surface area contributed by atoms with Crippen LogP contribution in [0.1, 0.15) is 89.7 Å². The molecule has 3 amide bonds. The molecule has 3 fully saturated rings. The quantitative estimate of drug-likeness (QED) is 0.0147. The van der Waals surface area contributed by atoms with Gasteiger partial charge in [0.1, 0.15) is 31.4 Å². The van der Waals surface area contributed by atoms with E-state index >= 15 is 0 Å². The number of nitrogens with one attached hydrogen (secondary N) is 3. The van der Waals surface area contributed by atoms with Crippen molar-refractivity contribution >= 4 is 69.7 Å². The number of aliphatic imine (C=N–C) groups is 1. The van der Waals surface area contributed by atoms with Gasteiger partial charge < -0.3 is 51.5 Å². The van der Waals surface area contributed by atoms with Gasteiger partial charge in [0, 0.05) is 56.7 Å². The fourth-order valence-corrected chi connectivity index (χ4v) is 12.8. The van der Waals surface area contributed by atoms with Crippen molar-refractivity contribution in [2.45, 2.75) is 95.9 Å². The fraction of sp³-hybridized carbons (Fsp3) is 0.291. The fourth-order valence-electron chi connectivity index (χ4n) is 12.5. The molecule has 566 valence electrons. The van der Waals surface area contributed by atoms with Gasteiger partial charge in [-0.1, -0.05) is 146 Å². The summed E-state index contributed by atoms with van der Waals surface area (Å²) in [5, 5.41) is 27.0. The first-order valence-corrected chi connectivity index (χ1v) is 35.8. The van der Waals surface area contributed by atoms with Gasteiger partial charge >= 0.3 is 24.2 Å². The zero-order chi connectivity index (χ0) is 77.0. The van der Waals surface area contributed by atoms with Crippen LogP contribution >= 0.6 is 22.6 Å². The predicted molar refractivity (Wildman–Crippen MR) is 400 cm³/mol. The monoisotopic (exact) mass is 1600 g/mol. The molecule has 6 aliphatic rings. The van der Waals surface area contributed by atoms with Gasteiger partial charge in [-0.2, -0.15) is 10.2 Å². The van der Waals surface area contributed by atoms with Crippen LogP contribution in [0.4, 0.5) is 52.1 Å². The standard InChI is InChI=1S/C25H22F3N3O3.C16H18N4O2.C14H9F3O2.C9H9NO2.C8H11NO.C7H12IN3/c1-14-12-30-20(10-17(14)23(32)9-15-7-18(26)24(28)19(27)8-15)21(11-29-30)31-22(13-34-25(31)33)16-5-3-2-4-6-16;1-11-9-19-13(7-17-11)14(8-18-19)20-15(10-22-16(20)21)12-5-3-2-4-6-12;15-11-6-9(7-12(16)14(11)17)8-13(18)19-10-4-2-1-3-5-10;11-9-10-8(6-12-9)7-4-2-1-3-5-7;9-8(6-10)7-4-2-1-3-5-7;1-5-3-11-7(4-10-5)6(8)2-9/h2-8,11,14,17,22H,9-10,12-13H2,1H3;2-6,8,11,15,17H,7,9-10H2,1H3;1-7H,8H2;1-5,8H,6H2,(H,10,11);1-5,8,10H,6,9H2;2,5,10H,3-4,9H2,1H3/t14-,17?,22-;11-,15-;;2*8-;5-/m00.000/s1. The summed E-state index contributed by atoms with van der Waals surface area (Å²) < 4.78 is 104. The number of hydrogen-bond donors (Lipinski definition) is 6. The van der Waals surface area contributed by atoms with Crippen molar-refractivity contribution < 1.29 is 74.4 Å². The molecule has 29 heteroatoms. The van der Waals surface area contributed by atoms with E-state index in [1.54, 1.807) is 63.4 Å². The highest BCUT2D eigenvalue weighted by molar-refractivity contribution is 14.1. The van der Waals surface area contributed by atoms with Crippen LogP contribution in [-0.2, 0) is 62.7 Å². The Morgan fingerprint density at radius 1 is 0.620 bits per heavy atom. The second kappa shape index (κ2) is 38.2. The summed E-state index contributed by atoms with van der Waals surface area (Å²) >= 11 is 2.20. The number of benzene rings is 7. The third-order valence-electron chi connectivity index (χ3n) is 18.2. The van der Waals surface area contributed by atoms with E-state index in [1.165, 1.54) is 0 Å². The normalized spacial score (nSPS) is 20.0. The number of aliphatic hydroxyl groups excluding tert-OH is 1. The lowest BCUT2D eigenvalue weighted by Crippen LogP contribution is -2.38. The van der Waals surface area contributed by atoms with Crippen molar-refractivity contribution in [1.82, 2.24) is 35.5 Å². The highest BCUT2D eigenvalue weighted by atomic mass is 127. The van der Waals surface area contributed by atoms with Crippen LogP contribution in [0.5, 0.6) is 5.75 Å². The Kier molecular flexibility index (Phi) is 28.2. The molecule has 0 spiro atoms. The number of Topliss-reactive ketones (excluding diaryl/α,β-unsaturated/α-hetero) is 1. The van der Waals surface area contributed by atoms with Crippen molar-refractivity contribution in [2.24, 2.45) is 28.3 Å². The molecule has 9 aromatic rings. The van der Waals surface area contributed by atoms with Crippen molar-refractivity contribution in [3.8, 4) is 5.75 Å². The summed E-state index contributed by atoms with van der Waals surface area (Å²) in [6, 6.07) is 50.6. The molecule has 108 heavy (non-hydrogen) atoms. The number of hydrogen-bond acceptors (Lipinski definition) is 17. The zero-order valence-corrected chi connectivity index (χ0v) is 61.3. The molecule has 0 saturated carbocycles. The average molecular weight is 1600 g/mol. The van der Waals surface area contributed by atoms with Gasteiger partial charge in [-0.3, -0.25) is 33.7 Å². The minimum absolute atomic E-state index is 0.00398. The number of aromatic nitrogens is 4. The Bertz CT molecular complexity index is 4560. The Morgan fingerprint density at radius 3 is 1.57 bits per heavy atom. The molecular weight excluding hydrogens is 1520 g/mol. The number of ether oxygens (including phenoxy) is 4. The number of rotatable bonds is 14. The number of carbonyl (C=O) groups is 5. The first kappa shape index (κ1) is 79.8. The van der Waals surface area contributed by atoms with Crippen LogP contribution in [0.25, 0.3) is 0 Å². The first-order valence-electron chi connectivity index (χ1n) is 34.7. The van der Waals surface area contributed by atoms with Crippen molar-refractivity contribution in [3.63, 3.8) is 0 Å². The lowest BCUT2D eigenvalue weighted by Gasteiger charge is -2.31. The highest BCUT2D eigenvalue weighted by Crippen LogP contribution is 2.40. The largest absolute Gasteiger partial charge is 0.447 e. The minimum atomic E-state index is -1.56. The number of fused-ring (bicyclic) bond motifs is 2. The van der Waals surface area contributed by atoms with Crippen LogP contribution in [0.2, 0.25) is 0 Å². The van der Waals surface area contributed by atoms with Crippen molar-refractivity contribution in [3.05, 3.63) is 278 Å². The highest BCUT2D eigenvalue weighted by Gasteiger charge is 2.42. The third-order valence-corrected chi connectivity index (χ3v) is 19.2. The number of para-hydroxylation sites is 1. The number of cyclic esters (lactones) is 3. The summed E-state index contributed by atoms with van der Waals surface area (Å²) in [6.07, 6.45) is 3.62. The lowest BCUT2D eigenvalue weighted by molar-refractivity contribution is -0.133. The molecule has 1 unspecified atom stereocenters. The molecule has 8 heterocycles. The summed E-state index contributed by atoms with van der Waals surface area (Å²) in [4.78, 5) is 67.9. The summed E-state index contributed by atoms with van der Waals surface area (Å²) in [6.45, 7) is 10.9. The topological polar surface area (TPSA) is 285 Å². The number of ketones is 1. The maximum Gasteiger partial charge on any atom is 0.415 e. The number of halogens is 7. The maximum absolute atomic E-state index is 13.6. The number of amides is 3. The predicted octanol–water partition coefficient (Wildman–Crippen LogP) is 12.7. The Labute approximate surface area is 633 Å². The smallest absolute Gasteiger partial charge is 0.415 e. The number of esters is 1. The lowest BCUT2D eigenvalue weighted by atomic mass is 9.81. The van der Waals surface area contributed by atoms with Gasteiger partial charge in [0.25, 0.3) is 0 Å². The molecule has 8 N–H and O–H groups in total. The van der Waals surface area contributed by atoms with Crippen molar-refractivity contribution in [2.75, 3.05) is 49.3 Å². The van der Waals surface area contributed by atoms with E-state index in [0.717, 1.165) is 92.5 Å². The summed E-state index contributed by atoms with van der Waals surface area (Å²) in [5.74, 6) is -9.51. The molecule has 0 aliphatic carbocycles. The third kappa shape index (κ3) is 20.9. The molecule has 0 radical (unpaired) electrons. The van der Waals surface area contributed by atoms with E-state index in [0.29, 0.717) is 56.2 Å². The summed E-state index contributed by atoms with van der Waals surface area (Å²) in [5.41, 5.74) is 19.3. The first-order chi connectivity index (χ1) is 52.1. The van der Waals surface area contributed by atoms with E-state index in [1.807, 2.05) is 133 Å². The van der Waals surface area contributed by atoms with Gasteiger partial charge in [-0.25, -0.2) is 40.7 Å². The van der Waals surface area contributed by atoms with Crippen LogP contribution in [0.3, 0.4) is 0 Å². The number of alkyl carbamates (subject to hydrolysis) is 1. The minimum Gasteiger partial charge on any atom is -0.447 e. The number of nitrogens with zero attached hydrogens (tertiary/aromatic N) is 7. The van der Waals surface area contributed by atoms with E-state index in [2.05, 4.69) is 67.6 Å². The molecular formula is C79H81F6IN12O10. The molecule has 22 nitrogen and oxygen atoms in total. The molecule has 0 bridgehead atoms. The maximum atomic E-state index is 13.6. The van der Waals surface area contributed by atoms with Crippen LogP contribution in [0.15, 0.2) is 203 Å².